The molecule has 3 rings (SSSR count). The predicted octanol–water partition coefficient (Wildman–Crippen LogP) is 3.64. The van der Waals surface area contributed by atoms with Gasteiger partial charge in [-0.25, -0.2) is 0 Å². The average molecular weight is 351 g/mol. The topological polar surface area (TPSA) is 72.4 Å². The Hall–Kier alpha value is -3.28. The van der Waals surface area contributed by atoms with Crippen LogP contribution in [0.3, 0.4) is 0 Å². The van der Waals surface area contributed by atoms with E-state index < -0.39 is 0 Å². The number of methoxy groups -OCH3 is 1. The first-order chi connectivity index (χ1) is 12.5. The fourth-order valence-electron chi connectivity index (χ4n) is 2.82. The highest BCUT2D eigenvalue weighted by atomic mass is 16.5. The van der Waals surface area contributed by atoms with Gasteiger partial charge in [-0.2, -0.15) is 0 Å². The second-order valence-electron chi connectivity index (χ2n) is 5.99. The fraction of sp³-hybridized carbons (Fsp3) is 0.200. The summed E-state index contributed by atoms with van der Waals surface area (Å²) in [7, 11) is 1.64. The molecule has 0 aliphatic carbocycles. The Labute approximate surface area is 151 Å². The lowest BCUT2D eigenvalue weighted by molar-refractivity contribution is -0.116. The number of rotatable bonds is 6. The Morgan fingerprint density at radius 1 is 1.04 bits per heavy atom. The molecule has 26 heavy (non-hydrogen) atoms. The van der Waals surface area contributed by atoms with Gasteiger partial charge >= 0.3 is 0 Å². The third-order valence-electron chi connectivity index (χ3n) is 4.02. The van der Waals surface area contributed by atoms with Gasteiger partial charge in [0.2, 0.25) is 11.8 Å². The summed E-state index contributed by atoms with van der Waals surface area (Å²) >= 11 is 0. The lowest BCUT2D eigenvalue weighted by atomic mass is 10.2. The quantitative estimate of drug-likeness (QED) is 0.712. The number of benzene rings is 2. The summed E-state index contributed by atoms with van der Waals surface area (Å²) in [4.78, 5) is 23.4. The molecule has 0 aliphatic rings. The third-order valence-corrected chi connectivity index (χ3v) is 4.02. The average Bonchev–Trinajstić information content (AvgIpc) is 3.01. The maximum Gasteiger partial charge on any atom is 0.226 e. The van der Waals surface area contributed by atoms with E-state index in [1.165, 1.54) is 6.92 Å². The van der Waals surface area contributed by atoms with Crippen LogP contribution in [0, 0.1) is 0 Å². The van der Waals surface area contributed by atoms with Crippen molar-refractivity contribution >= 4 is 34.1 Å². The van der Waals surface area contributed by atoms with E-state index in [4.69, 9.17) is 4.74 Å². The van der Waals surface area contributed by atoms with Gasteiger partial charge in [0.15, 0.2) is 0 Å². The predicted molar refractivity (Wildman–Crippen MR) is 102 cm³/mol. The molecular formula is C20H21N3O3. The number of aromatic nitrogens is 1. The molecule has 0 fully saturated rings. The van der Waals surface area contributed by atoms with Crippen molar-refractivity contribution in [1.82, 2.24) is 4.57 Å². The zero-order chi connectivity index (χ0) is 18.5. The molecule has 1 heterocycles. The minimum Gasteiger partial charge on any atom is -0.497 e. The van der Waals surface area contributed by atoms with E-state index in [1.807, 2.05) is 35.0 Å². The lowest BCUT2D eigenvalue weighted by Gasteiger charge is -2.09. The Kier molecular flexibility index (Phi) is 5.22. The van der Waals surface area contributed by atoms with Crippen LogP contribution in [0.2, 0.25) is 0 Å². The summed E-state index contributed by atoms with van der Waals surface area (Å²) < 4.78 is 7.27. The molecule has 0 spiro atoms. The van der Waals surface area contributed by atoms with Crippen molar-refractivity contribution in [2.75, 3.05) is 17.7 Å². The first-order valence-corrected chi connectivity index (χ1v) is 8.35. The van der Waals surface area contributed by atoms with Crippen LogP contribution in [0.15, 0.2) is 54.7 Å². The van der Waals surface area contributed by atoms with E-state index in [9.17, 15) is 9.59 Å². The zero-order valence-electron chi connectivity index (χ0n) is 14.8. The van der Waals surface area contributed by atoms with Crippen LogP contribution in [0.1, 0.15) is 13.3 Å². The molecule has 1 aromatic heterocycles. The van der Waals surface area contributed by atoms with Gasteiger partial charge in [0.05, 0.1) is 7.11 Å². The van der Waals surface area contributed by atoms with Crippen LogP contribution < -0.4 is 15.4 Å². The normalized spacial score (nSPS) is 10.5. The van der Waals surface area contributed by atoms with Gasteiger partial charge in [-0.05, 0) is 42.5 Å². The van der Waals surface area contributed by atoms with Crippen LogP contribution in [-0.2, 0) is 16.1 Å². The van der Waals surface area contributed by atoms with E-state index in [2.05, 4.69) is 10.6 Å². The molecule has 2 aromatic carbocycles. The summed E-state index contributed by atoms with van der Waals surface area (Å²) in [5.74, 6) is 0.581. The number of anilines is 2. The van der Waals surface area contributed by atoms with Crippen LogP contribution in [-0.4, -0.2) is 23.5 Å². The van der Waals surface area contributed by atoms with Gasteiger partial charge < -0.3 is 19.9 Å². The van der Waals surface area contributed by atoms with Gasteiger partial charge in [0, 0.05) is 48.4 Å². The summed E-state index contributed by atoms with van der Waals surface area (Å²) in [6.07, 6.45) is 2.31. The van der Waals surface area contributed by atoms with Crippen LogP contribution in [0.25, 0.3) is 10.9 Å². The SMILES string of the molecule is COc1ccc2c(ccn2CCC(=O)Nc2cccc(NC(C)=O)c2)c1. The van der Waals surface area contributed by atoms with Gasteiger partial charge in [0.1, 0.15) is 5.75 Å². The van der Waals surface area contributed by atoms with Crippen molar-refractivity contribution in [2.45, 2.75) is 19.9 Å². The highest BCUT2D eigenvalue weighted by Crippen LogP contribution is 2.22. The Bertz CT molecular complexity index is 946. The molecule has 0 saturated carbocycles. The second-order valence-corrected chi connectivity index (χ2v) is 5.99. The molecule has 134 valence electrons. The highest BCUT2D eigenvalue weighted by Gasteiger charge is 2.07. The van der Waals surface area contributed by atoms with Crippen LogP contribution >= 0.6 is 0 Å². The molecule has 0 bridgehead atoms. The molecule has 3 aromatic rings. The van der Waals surface area contributed by atoms with Crippen LogP contribution in [0.4, 0.5) is 11.4 Å². The number of aryl methyl sites for hydroxylation is 1. The minimum atomic E-state index is -0.149. The van der Waals surface area contributed by atoms with E-state index in [-0.39, 0.29) is 11.8 Å². The molecule has 0 aliphatic heterocycles. The molecule has 2 N–H and O–H groups in total. The first-order valence-electron chi connectivity index (χ1n) is 8.35. The molecule has 0 radical (unpaired) electrons. The lowest BCUT2D eigenvalue weighted by Crippen LogP contribution is -2.14. The summed E-state index contributed by atoms with van der Waals surface area (Å²) in [5.41, 5.74) is 2.37. The molecule has 6 heteroatoms. The van der Waals surface area contributed by atoms with Gasteiger partial charge in [-0.3, -0.25) is 9.59 Å². The Morgan fingerprint density at radius 3 is 2.54 bits per heavy atom. The van der Waals surface area contributed by atoms with Gasteiger partial charge in [0.25, 0.3) is 0 Å². The Balaban J connectivity index is 1.62. The summed E-state index contributed by atoms with van der Waals surface area (Å²) in [6.45, 7) is 2.02. The smallest absolute Gasteiger partial charge is 0.226 e. The number of carbonyl (C=O) groups excluding carboxylic acids is 2. The summed E-state index contributed by atoms with van der Waals surface area (Å²) in [5, 5.41) is 6.64. The standard InChI is InChI=1S/C20H21N3O3/c1-14(24)21-16-4-3-5-17(13-16)22-20(25)9-11-23-10-8-15-12-18(26-2)6-7-19(15)23/h3-8,10,12-13H,9,11H2,1-2H3,(H,21,24)(H,22,25). The Morgan fingerprint density at radius 2 is 1.81 bits per heavy atom. The highest BCUT2D eigenvalue weighted by molar-refractivity contribution is 5.93. The fourth-order valence-corrected chi connectivity index (χ4v) is 2.82. The van der Waals surface area contributed by atoms with Crippen molar-refractivity contribution in [2.24, 2.45) is 0 Å². The monoisotopic (exact) mass is 351 g/mol. The van der Waals surface area contributed by atoms with E-state index in [0.717, 1.165) is 16.7 Å². The number of hydrogen-bond donors (Lipinski definition) is 2. The van der Waals surface area contributed by atoms with E-state index >= 15 is 0 Å². The second kappa shape index (κ2) is 7.74. The first kappa shape index (κ1) is 17.5. The number of nitrogens with one attached hydrogen (secondary N) is 2. The van der Waals surface area contributed by atoms with Crippen molar-refractivity contribution in [1.29, 1.82) is 0 Å². The van der Waals surface area contributed by atoms with Crippen molar-refractivity contribution in [3.63, 3.8) is 0 Å². The van der Waals surface area contributed by atoms with E-state index in [1.54, 1.807) is 31.4 Å². The molecule has 0 unspecified atom stereocenters. The number of fused-ring (bicyclic) bond motifs is 1. The molecular weight excluding hydrogens is 330 g/mol. The molecule has 0 saturated heterocycles. The largest absolute Gasteiger partial charge is 0.497 e. The number of amides is 2. The van der Waals surface area contributed by atoms with E-state index in [0.29, 0.717) is 24.3 Å². The third kappa shape index (κ3) is 4.22. The van der Waals surface area contributed by atoms with Crippen molar-refractivity contribution in [3.05, 3.63) is 54.7 Å². The minimum absolute atomic E-state index is 0.0830. The number of hydrogen-bond acceptors (Lipinski definition) is 3. The van der Waals surface area contributed by atoms with Crippen LogP contribution in [0.5, 0.6) is 5.75 Å². The van der Waals surface area contributed by atoms with Gasteiger partial charge in [-0.1, -0.05) is 6.07 Å². The molecule has 2 amide bonds. The van der Waals surface area contributed by atoms with Crippen molar-refractivity contribution in [3.8, 4) is 5.75 Å². The molecule has 6 nitrogen and oxygen atoms in total. The summed E-state index contributed by atoms with van der Waals surface area (Å²) in [6, 6.07) is 15.0. The number of ether oxygens (including phenoxy) is 1. The van der Waals surface area contributed by atoms with Crippen molar-refractivity contribution < 1.29 is 14.3 Å². The number of nitrogens with zero attached hydrogens (tertiary/aromatic N) is 1. The maximum atomic E-state index is 12.2. The maximum absolute atomic E-state index is 12.2. The number of carbonyl (C=O) groups is 2. The molecule has 0 atom stereocenters. The zero-order valence-corrected chi connectivity index (χ0v) is 14.8. The van der Waals surface area contributed by atoms with Gasteiger partial charge in [-0.15, -0.1) is 0 Å².